The van der Waals surface area contributed by atoms with Gasteiger partial charge in [-0.25, -0.2) is 4.98 Å². The molecule has 0 saturated carbocycles. The zero-order valence-corrected chi connectivity index (χ0v) is 10.8. The molecule has 0 radical (unpaired) electrons. The van der Waals surface area contributed by atoms with Crippen LogP contribution in [0.3, 0.4) is 0 Å². The molecule has 18 heavy (non-hydrogen) atoms. The third-order valence-electron chi connectivity index (χ3n) is 2.58. The standard InChI is InChI=1S/C12H14N4OS/c1-16(5-9-6-18-7-15-9)11-3-2-8(13)4-10(11)12(14)17/h2-4,6-7H,5,13H2,1H3,(H2,14,17). The molecule has 0 saturated heterocycles. The van der Waals surface area contributed by atoms with Crippen LogP contribution >= 0.6 is 11.3 Å². The van der Waals surface area contributed by atoms with Gasteiger partial charge in [0, 0.05) is 23.8 Å². The number of hydrogen-bond donors (Lipinski definition) is 2. The average molecular weight is 262 g/mol. The first-order valence-corrected chi connectivity index (χ1v) is 6.29. The molecule has 2 rings (SSSR count). The summed E-state index contributed by atoms with van der Waals surface area (Å²) in [7, 11) is 1.89. The van der Waals surface area contributed by atoms with Crippen molar-refractivity contribution in [2.45, 2.75) is 6.54 Å². The Kier molecular flexibility index (Phi) is 3.47. The first-order chi connectivity index (χ1) is 8.58. The van der Waals surface area contributed by atoms with Crippen LogP contribution in [0.1, 0.15) is 16.1 Å². The van der Waals surface area contributed by atoms with E-state index in [1.165, 1.54) is 0 Å². The molecule has 0 unspecified atom stereocenters. The second kappa shape index (κ2) is 5.05. The third kappa shape index (κ3) is 2.60. The highest BCUT2D eigenvalue weighted by Gasteiger charge is 2.13. The number of hydrogen-bond acceptors (Lipinski definition) is 5. The van der Waals surface area contributed by atoms with Crippen LogP contribution in [-0.2, 0) is 6.54 Å². The monoisotopic (exact) mass is 262 g/mol. The molecule has 5 nitrogen and oxygen atoms in total. The number of carbonyl (C=O) groups excluding carboxylic acids is 1. The predicted octanol–water partition coefficient (Wildman–Crippen LogP) is 1.46. The van der Waals surface area contributed by atoms with Crippen molar-refractivity contribution >= 4 is 28.6 Å². The topological polar surface area (TPSA) is 85.2 Å². The lowest BCUT2D eigenvalue weighted by Gasteiger charge is -2.20. The number of benzene rings is 1. The summed E-state index contributed by atoms with van der Waals surface area (Å²) >= 11 is 1.54. The van der Waals surface area contributed by atoms with Crippen LogP contribution in [0.2, 0.25) is 0 Å². The first-order valence-electron chi connectivity index (χ1n) is 5.35. The predicted molar refractivity (Wildman–Crippen MR) is 73.6 cm³/mol. The minimum atomic E-state index is -0.484. The average Bonchev–Trinajstić information content (AvgIpc) is 2.81. The molecule has 0 spiro atoms. The summed E-state index contributed by atoms with van der Waals surface area (Å²) in [5, 5.41) is 1.97. The summed E-state index contributed by atoms with van der Waals surface area (Å²) in [6, 6.07) is 5.14. The van der Waals surface area contributed by atoms with E-state index in [0.717, 1.165) is 11.4 Å². The Morgan fingerprint density at radius 1 is 1.50 bits per heavy atom. The number of aromatic nitrogens is 1. The molecule has 1 heterocycles. The Labute approximate surface area is 109 Å². The van der Waals surface area contributed by atoms with Crippen molar-refractivity contribution in [3.63, 3.8) is 0 Å². The van der Waals surface area contributed by atoms with Crippen LogP contribution in [-0.4, -0.2) is 17.9 Å². The molecule has 1 aromatic carbocycles. The van der Waals surface area contributed by atoms with Crippen LogP contribution in [0.25, 0.3) is 0 Å². The van der Waals surface area contributed by atoms with Gasteiger partial charge < -0.3 is 16.4 Å². The van der Waals surface area contributed by atoms with Crippen LogP contribution in [0.4, 0.5) is 11.4 Å². The van der Waals surface area contributed by atoms with Gasteiger partial charge in [-0.3, -0.25) is 4.79 Å². The fourth-order valence-electron chi connectivity index (χ4n) is 1.73. The smallest absolute Gasteiger partial charge is 0.250 e. The van der Waals surface area contributed by atoms with E-state index in [1.807, 2.05) is 17.3 Å². The number of anilines is 2. The van der Waals surface area contributed by atoms with Crippen LogP contribution in [0.5, 0.6) is 0 Å². The Hall–Kier alpha value is -2.08. The number of thiazole rings is 1. The second-order valence-electron chi connectivity index (χ2n) is 3.98. The quantitative estimate of drug-likeness (QED) is 0.817. The van der Waals surface area contributed by atoms with Gasteiger partial charge in [-0.15, -0.1) is 11.3 Å². The lowest BCUT2D eigenvalue weighted by atomic mass is 10.1. The molecule has 0 aliphatic heterocycles. The number of nitrogens with two attached hydrogens (primary N) is 2. The van der Waals surface area contributed by atoms with E-state index in [2.05, 4.69) is 4.98 Å². The molecule has 0 aliphatic carbocycles. The van der Waals surface area contributed by atoms with Crippen molar-refractivity contribution in [2.24, 2.45) is 5.73 Å². The highest BCUT2D eigenvalue weighted by Crippen LogP contribution is 2.23. The number of rotatable bonds is 4. The van der Waals surface area contributed by atoms with Gasteiger partial charge in [-0.05, 0) is 18.2 Å². The molecule has 0 aliphatic rings. The highest BCUT2D eigenvalue weighted by molar-refractivity contribution is 7.07. The molecule has 0 bridgehead atoms. The van der Waals surface area contributed by atoms with Gasteiger partial charge in [0.25, 0.3) is 5.91 Å². The number of primary amides is 1. The molecule has 4 N–H and O–H groups in total. The molecule has 0 atom stereocenters. The number of nitrogens with zero attached hydrogens (tertiary/aromatic N) is 2. The van der Waals surface area contributed by atoms with E-state index >= 15 is 0 Å². The maximum Gasteiger partial charge on any atom is 0.250 e. The largest absolute Gasteiger partial charge is 0.399 e. The van der Waals surface area contributed by atoms with Crippen LogP contribution < -0.4 is 16.4 Å². The van der Waals surface area contributed by atoms with Gasteiger partial charge in [-0.1, -0.05) is 0 Å². The van der Waals surface area contributed by atoms with Gasteiger partial charge >= 0.3 is 0 Å². The normalized spacial score (nSPS) is 10.3. The zero-order chi connectivity index (χ0) is 13.1. The molecule has 6 heteroatoms. The Bertz CT molecular complexity index is 553. The lowest BCUT2D eigenvalue weighted by molar-refractivity contribution is 0.100. The van der Waals surface area contributed by atoms with Gasteiger partial charge in [-0.2, -0.15) is 0 Å². The van der Waals surface area contributed by atoms with Crippen molar-refractivity contribution in [1.82, 2.24) is 4.98 Å². The van der Waals surface area contributed by atoms with Gasteiger partial charge in [0.15, 0.2) is 0 Å². The molecule has 2 aromatic rings. The van der Waals surface area contributed by atoms with Crippen molar-refractivity contribution in [2.75, 3.05) is 17.7 Å². The summed E-state index contributed by atoms with van der Waals surface area (Å²) < 4.78 is 0. The zero-order valence-electron chi connectivity index (χ0n) is 9.96. The minimum Gasteiger partial charge on any atom is -0.399 e. The van der Waals surface area contributed by atoms with E-state index in [-0.39, 0.29) is 0 Å². The van der Waals surface area contributed by atoms with E-state index in [9.17, 15) is 4.79 Å². The van der Waals surface area contributed by atoms with Crippen molar-refractivity contribution in [3.05, 3.63) is 40.3 Å². The van der Waals surface area contributed by atoms with Crippen LogP contribution in [0.15, 0.2) is 29.1 Å². The lowest BCUT2D eigenvalue weighted by Crippen LogP contribution is -2.22. The number of amides is 1. The molecule has 1 aromatic heterocycles. The summed E-state index contributed by atoms with van der Waals surface area (Å²) in [5.74, 6) is -0.484. The van der Waals surface area contributed by atoms with Crippen molar-refractivity contribution < 1.29 is 4.79 Å². The molecule has 0 fully saturated rings. The first kappa shape index (κ1) is 12.4. The third-order valence-corrected chi connectivity index (χ3v) is 3.22. The van der Waals surface area contributed by atoms with Gasteiger partial charge in [0.1, 0.15) is 0 Å². The SMILES string of the molecule is CN(Cc1cscn1)c1ccc(N)cc1C(N)=O. The molecule has 94 valence electrons. The molecule has 1 amide bonds. The van der Waals surface area contributed by atoms with Gasteiger partial charge in [0.2, 0.25) is 0 Å². The maximum atomic E-state index is 11.4. The second-order valence-corrected chi connectivity index (χ2v) is 4.70. The minimum absolute atomic E-state index is 0.424. The maximum absolute atomic E-state index is 11.4. The fourth-order valence-corrected chi connectivity index (χ4v) is 2.28. The van der Waals surface area contributed by atoms with E-state index < -0.39 is 5.91 Å². The number of carbonyl (C=O) groups is 1. The summed E-state index contributed by atoms with van der Waals surface area (Å²) in [5.41, 5.74) is 15.5. The van der Waals surface area contributed by atoms with E-state index in [4.69, 9.17) is 11.5 Å². The van der Waals surface area contributed by atoms with Crippen LogP contribution in [0, 0.1) is 0 Å². The Balaban J connectivity index is 2.29. The molecular weight excluding hydrogens is 248 g/mol. The Morgan fingerprint density at radius 3 is 2.89 bits per heavy atom. The van der Waals surface area contributed by atoms with Crippen molar-refractivity contribution in [3.8, 4) is 0 Å². The van der Waals surface area contributed by atoms with E-state index in [0.29, 0.717) is 17.8 Å². The van der Waals surface area contributed by atoms with Crippen molar-refractivity contribution in [1.29, 1.82) is 0 Å². The summed E-state index contributed by atoms with van der Waals surface area (Å²) in [4.78, 5) is 17.5. The summed E-state index contributed by atoms with van der Waals surface area (Å²) in [6.07, 6.45) is 0. The van der Waals surface area contributed by atoms with Gasteiger partial charge in [0.05, 0.1) is 23.3 Å². The Morgan fingerprint density at radius 2 is 2.28 bits per heavy atom. The van der Waals surface area contributed by atoms with E-state index in [1.54, 1.807) is 35.0 Å². The summed E-state index contributed by atoms with van der Waals surface area (Å²) in [6.45, 7) is 0.619. The fraction of sp³-hybridized carbons (Fsp3) is 0.167. The highest BCUT2D eigenvalue weighted by atomic mass is 32.1. The molecular formula is C12H14N4OS. The number of nitrogen functional groups attached to an aromatic ring is 1.